The molecule has 0 bridgehead atoms. The molecule has 0 saturated carbocycles. The number of nitrogens with zero attached hydrogens (tertiary/aromatic N) is 4. The number of anilines is 1. The maximum absolute atomic E-state index is 12.6. The predicted octanol–water partition coefficient (Wildman–Crippen LogP) is 3.03. The molecular weight excluding hydrogens is 352 g/mol. The number of non-ortho nitro benzene ring substituents is 1. The van der Waals surface area contributed by atoms with E-state index in [9.17, 15) is 24.8 Å². The fourth-order valence-corrected chi connectivity index (χ4v) is 2.58. The molecule has 9 heteroatoms. The number of nitro benzene ring substituents is 1. The van der Waals surface area contributed by atoms with Gasteiger partial charge in [0, 0.05) is 18.3 Å². The molecule has 0 spiro atoms. The Morgan fingerprint density at radius 3 is 2.63 bits per heavy atom. The van der Waals surface area contributed by atoms with Crippen molar-refractivity contribution in [3.05, 3.63) is 64.2 Å². The highest BCUT2D eigenvalue weighted by atomic mass is 16.6. The van der Waals surface area contributed by atoms with Gasteiger partial charge in [-0.15, -0.1) is 0 Å². The summed E-state index contributed by atoms with van der Waals surface area (Å²) in [5.74, 6) is -2.41. The Labute approximate surface area is 153 Å². The highest BCUT2D eigenvalue weighted by molar-refractivity contribution is 6.23. The first-order valence-electron chi connectivity index (χ1n) is 7.88. The molecule has 136 valence electrons. The molecule has 1 N–H and O–H groups in total. The zero-order chi connectivity index (χ0) is 19.6. The third-order valence-corrected chi connectivity index (χ3v) is 3.97. The van der Waals surface area contributed by atoms with Crippen LogP contribution in [0.4, 0.5) is 17.1 Å². The number of amides is 1. The summed E-state index contributed by atoms with van der Waals surface area (Å²) in [5.41, 5.74) is 0.467. The van der Waals surface area contributed by atoms with E-state index in [2.05, 4.69) is 10.1 Å². The van der Waals surface area contributed by atoms with Gasteiger partial charge in [-0.05, 0) is 25.1 Å². The number of para-hydroxylation sites is 1. The van der Waals surface area contributed by atoms with Gasteiger partial charge in [0.05, 0.1) is 27.6 Å². The quantitative estimate of drug-likeness (QED) is 0.494. The number of carboxylic acid groups (broad SMARTS) is 1. The van der Waals surface area contributed by atoms with E-state index in [4.69, 9.17) is 0 Å². The Kier molecular flexibility index (Phi) is 4.75. The smallest absolute Gasteiger partial charge is 0.338 e. The lowest BCUT2D eigenvalue weighted by molar-refractivity contribution is -0.384. The predicted molar refractivity (Wildman–Crippen MR) is 98.7 cm³/mol. The van der Waals surface area contributed by atoms with Gasteiger partial charge in [-0.3, -0.25) is 19.9 Å². The standard InChI is InChI=1S/C18H14N4O5/c1-11-15(17(23)21(20-11)12-5-3-2-4-6-12)10-19-16-8-7-13(22(26)27)9-14(16)18(24)25/h2-10,15H,1H3,(H,24,25). The minimum Gasteiger partial charge on any atom is -0.478 e. The molecule has 0 saturated heterocycles. The fourth-order valence-electron chi connectivity index (χ4n) is 2.58. The van der Waals surface area contributed by atoms with Crippen LogP contribution < -0.4 is 5.01 Å². The van der Waals surface area contributed by atoms with Crippen molar-refractivity contribution in [1.29, 1.82) is 0 Å². The monoisotopic (exact) mass is 366 g/mol. The third kappa shape index (κ3) is 3.56. The molecule has 0 aliphatic carbocycles. The summed E-state index contributed by atoms with van der Waals surface area (Å²) in [4.78, 5) is 38.2. The molecule has 9 nitrogen and oxygen atoms in total. The first-order chi connectivity index (χ1) is 12.9. The first-order valence-corrected chi connectivity index (χ1v) is 7.88. The molecule has 27 heavy (non-hydrogen) atoms. The second-order valence-electron chi connectivity index (χ2n) is 5.75. The summed E-state index contributed by atoms with van der Waals surface area (Å²) in [7, 11) is 0. The van der Waals surface area contributed by atoms with E-state index in [1.165, 1.54) is 17.3 Å². The Hall–Kier alpha value is -3.88. The van der Waals surface area contributed by atoms with Crippen LogP contribution in [0.5, 0.6) is 0 Å². The molecule has 2 aromatic rings. The van der Waals surface area contributed by atoms with Crippen LogP contribution in [0.1, 0.15) is 17.3 Å². The Balaban J connectivity index is 1.88. The molecule has 1 aliphatic rings. The molecule has 1 atom stereocenters. The molecule has 0 fully saturated rings. The number of nitro groups is 1. The van der Waals surface area contributed by atoms with Gasteiger partial charge in [-0.2, -0.15) is 10.1 Å². The van der Waals surface area contributed by atoms with E-state index >= 15 is 0 Å². The number of benzene rings is 2. The number of hydrogen-bond donors (Lipinski definition) is 1. The van der Waals surface area contributed by atoms with E-state index in [1.54, 1.807) is 31.2 Å². The number of rotatable bonds is 5. The number of hydrogen-bond acceptors (Lipinski definition) is 6. The zero-order valence-electron chi connectivity index (χ0n) is 14.1. The normalized spacial score (nSPS) is 16.6. The van der Waals surface area contributed by atoms with Gasteiger partial charge in [-0.25, -0.2) is 4.79 Å². The summed E-state index contributed by atoms with van der Waals surface area (Å²) in [6.45, 7) is 1.67. The molecule has 0 aromatic heterocycles. The van der Waals surface area contributed by atoms with Gasteiger partial charge < -0.3 is 5.11 Å². The highest BCUT2D eigenvalue weighted by Crippen LogP contribution is 2.26. The van der Waals surface area contributed by atoms with Gasteiger partial charge in [0.2, 0.25) is 0 Å². The lowest BCUT2D eigenvalue weighted by Gasteiger charge is -2.12. The van der Waals surface area contributed by atoms with Crippen molar-refractivity contribution >= 4 is 40.9 Å². The van der Waals surface area contributed by atoms with Gasteiger partial charge in [-0.1, -0.05) is 18.2 Å². The fraction of sp³-hybridized carbons (Fsp3) is 0.111. The minimum atomic E-state index is -1.35. The van der Waals surface area contributed by atoms with E-state index < -0.39 is 16.8 Å². The molecule has 1 unspecified atom stereocenters. The van der Waals surface area contributed by atoms with Gasteiger partial charge >= 0.3 is 5.97 Å². The molecule has 0 radical (unpaired) electrons. The summed E-state index contributed by atoms with van der Waals surface area (Å²) in [5, 5.41) is 25.6. The van der Waals surface area contributed by atoms with Crippen molar-refractivity contribution in [3.8, 4) is 0 Å². The number of carboxylic acids is 1. The number of carbonyl (C=O) groups excluding carboxylic acids is 1. The number of aliphatic imine (C=N–C) groups is 1. The zero-order valence-corrected chi connectivity index (χ0v) is 14.1. The highest BCUT2D eigenvalue weighted by Gasteiger charge is 2.33. The molecule has 1 heterocycles. The third-order valence-electron chi connectivity index (χ3n) is 3.97. The molecule has 1 aliphatic heterocycles. The van der Waals surface area contributed by atoms with Crippen LogP contribution in [0.2, 0.25) is 0 Å². The van der Waals surface area contributed by atoms with Gasteiger partial charge in [0.15, 0.2) is 0 Å². The van der Waals surface area contributed by atoms with Crippen molar-refractivity contribution < 1.29 is 19.6 Å². The summed E-state index contributed by atoms with van der Waals surface area (Å²) in [6, 6.07) is 12.2. The SMILES string of the molecule is CC1=NN(c2ccccc2)C(=O)C1C=Nc1ccc([N+](=O)[O-])cc1C(=O)O. The maximum atomic E-state index is 12.6. The lowest BCUT2D eigenvalue weighted by atomic mass is 10.1. The van der Waals surface area contributed by atoms with Crippen LogP contribution in [0.15, 0.2) is 58.6 Å². The van der Waals surface area contributed by atoms with E-state index in [0.717, 1.165) is 12.1 Å². The Bertz CT molecular complexity index is 985. The Morgan fingerprint density at radius 1 is 1.30 bits per heavy atom. The maximum Gasteiger partial charge on any atom is 0.338 e. The second-order valence-corrected chi connectivity index (χ2v) is 5.75. The van der Waals surface area contributed by atoms with E-state index in [0.29, 0.717) is 11.4 Å². The average Bonchev–Trinajstić information content (AvgIpc) is 2.94. The summed E-state index contributed by atoms with van der Waals surface area (Å²) >= 11 is 0. The molecule has 1 amide bonds. The van der Waals surface area contributed by atoms with E-state index in [1.807, 2.05) is 6.07 Å². The topological polar surface area (TPSA) is 125 Å². The van der Waals surface area contributed by atoms with Crippen LogP contribution in [0.25, 0.3) is 0 Å². The average molecular weight is 366 g/mol. The molecular formula is C18H14N4O5. The first kappa shape index (κ1) is 17.9. The summed E-state index contributed by atoms with van der Waals surface area (Å²) < 4.78 is 0. The Morgan fingerprint density at radius 2 is 2.00 bits per heavy atom. The van der Waals surface area contributed by atoms with Crippen LogP contribution >= 0.6 is 0 Å². The number of carbonyl (C=O) groups is 2. The van der Waals surface area contributed by atoms with Gasteiger partial charge in [0.25, 0.3) is 11.6 Å². The minimum absolute atomic E-state index is 0.0202. The summed E-state index contributed by atoms with van der Waals surface area (Å²) in [6.07, 6.45) is 1.30. The van der Waals surface area contributed by atoms with Crippen molar-refractivity contribution in [2.24, 2.45) is 16.0 Å². The number of hydrazone groups is 1. The largest absolute Gasteiger partial charge is 0.478 e. The van der Waals surface area contributed by atoms with Crippen molar-refractivity contribution in [1.82, 2.24) is 0 Å². The van der Waals surface area contributed by atoms with E-state index in [-0.39, 0.29) is 22.8 Å². The lowest BCUT2D eigenvalue weighted by Crippen LogP contribution is -2.27. The van der Waals surface area contributed by atoms with Crippen LogP contribution in [-0.4, -0.2) is 33.8 Å². The van der Waals surface area contributed by atoms with Gasteiger partial charge in [0.1, 0.15) is 5.92 Å². The second kappa shape index (κ2) is 7.16. The molecule has 2 aromatic carbocycles. The van der Waals surface area contributed by atoms with Crippen LogP contribution in [0.3, 0.4) is 0 Å². The van der Waals surface area contributed by atoms with Crippen molar-refractivity contribution in [3.63, 3.8) is 0 Å². The van der Waals surface area contributed by atoms with Crippen LogP contribution in [-0.2, 0) is 4.79 Å². The molecule has 3 rings (SSSR count). The van der Waals surface area contributed by atoms with Crippen molar-refractivity contribution in [2.75, 3.05) is 5.01 Å². The number of aromatic carboxylic acids is 1. The van der Waals surface area contributed by atoms with Crippen molar-refractivity contribution in [2.45, 2.75) is 6.92 Å². The van der Waals surface area contributed by atoms with Crippen LogP contribution in [0, 0.1) is 16.0 Å².